The average Bonchev–Trinajstić information content (AvgIpc) is 1.00. The monoisotopic (exact) mass is 124 g/mol. The molecule has 2 radical (unpaired) electrons. The second-order valence-corrected chi connectivity index (χ2v) is 0. The first-order valence-electron chi connectivity index (χ1n) is 0.577. The molecule has 0 saturated heterocycles. The number of hydrogen-bond acceptors (Lipinski definition) is 0. The predicted molar refractivity (Wildman–Crippen MR) is 25.6 cm³/mol. The third-order valence-corrected chi connectivity index (χ3v) is 0. The van der Waals surface area contributed by atoms with Crippen LogP contribution in [0.1, 0.15) is 0 Å². The molecule has 0 saturated carbocycles. The number of hydrogen-bond donors (Lipinski definition) is 0. The van der Waals surface area contributed by atoms with Crippen molar-refractivity contribution in [2.45, 2.75) is 0 Å². The normalized spacial score (nSPS) is 2.00. The second-order valence-electron chi connectivity index (χ2n) is 0. The van der Waals surface area contributed by atoms with Gasteiger partial charge in [0.1, 0.15) is 0 Å². The van der Waals surface area contributed by atoms with Crippen LogP contribution in [0.4, 0.5) is 0 Å². The Labute approximate surface area is 52.4 Å². The molecule has 0 N–H and O–H groups in total. The van der Waals surface area contributed by atoms with E-state index in [1.807, 2.05) is 0 Å². The predicted octanol–water partition coefficient (Wildman–Crippen LogP) is -2.75. The van der Waals surface area contributed by atoms with Crippen LogP contribution in [0, 0.1) is 0 Å². The molecule has 0 heterocycles. The van der Waals surface area contributed by atoms with Crippen LogP contribution < -0.4 is 0 Å². The Morgan fingerprint density at radius 1 is 1.25 bits per heavy atom. The molecule has 0 aromatic heterocycles. The summed E-state index contributed by atoms with van der Waals surface area (Å²) < 4.78 is 0. The molecule has 0 amide bonds. The first-order valence-corrected chi connectivity index (χ1v) is 1.73. The van der Waals surface area contributed by atoms with Crippen LogP contribution >= 0.6 is 0 Å². The Morgan fingerprint density at radius 3 is 1.25 bits per heavy atom. The molecule has 0 aliphatic carbocycles. The summed E-state index contributed by atoms with van der Waals surface area (Å²) in [6.45, 7) is 0. The summed E-state index contributed by atoms with van der Waals surface area (Å²) in [6, 6.07) is 0. The van der Waals surface area contributed by atoms with E-state index < -0.39 is 0 Å². The van der Waals surface area contributed by atoms with Gasteiger partial charge in [-0.05, 0) is 10.1 Å². The quantitative estimate of drug-likeness (QED) is 0.307. The molecule has 0 atom stereocenters. The van der Waals surface area contributed by atoms with Crippen molar-refractivity contribution in [1.82, 2.24) is 0 Å². The molecule has 0 nitrogen and oxygen atoms in total. The van der Waals surface area contributed by atoms with Crippen LogP contribution in [0.3, 0.4) is 0 Å². The van der Waals surface area contributed by atoms with E-state index in [0.717, 1.165) is 10.1 Å². The maximum Gasteiger partial charge on any atom is 0.187 e. The van der Waals surface area contributed by atoms with E-state index in [1.165, 1.54) is 0 Å². The summed E-state index contributed by atoms with van der Waals surface area (Å²) in [5, 5.41) is 0. The minimum absolute atomic E-state index is 0. The van der Waals surface area contributed by atoms with E-state index in [-0.39, 0.29) is 34.7 Å². The van der Waals surface area contributed by atoms with Gasteiger partial charge in [0, 0.05) is 24.8 Å². The van der Waals surface area contributed by atoms with Gasteiger partial charge in [-0.2, -0.15) is 0 Å². The molecule has 0 aromatic carbocycles. The van der Waals surface area contributed by atoms with Gasteiger partial charge in [0.05, 0.1) is 0 Å². The van der Waals surface area contributed by atoms with Gasteiger partial charge >= 0.3 is 0 Å². The van der Waals surface area contributed by atoms with Gasteiger partial charge in [-0.1, -0.05) is 0 Å². The Balaban J connectivity index is -0.00000000500. The Kier molecular flexibility index (Phi) is 123. The fourth-order valence-electron chi connectivity index (χ4n) is 0. The first-order chi connectivity index (χ1) is 1.00. The molecule has 0 rings (SSSR count). The standard InChI is InChI=1S/Al.BH3Si.Cr.3H/c;1-2;;;;/h;2H3;;;;. The summed E-state index contributed by atoms with van der Waals surface area (Å²) in [6.07, 6.45) is 0. The van der Waals surface area contributed by atoms with Crippen LogP contribution in [0.25, 0.3) is 0 Å². The Bertz CT molecular complexity index is 8.00. The average molecular weight is 124 g/mol. The Hall–Kier alpha value is 1.35. The molecule has 0 aliphatic heterocycles. The van der Waals surface area contributed by atoms with Crippen molar-refractivity contribution in [1.29, 1.82) is 0 Å². The summed E-state index contributed by atoms with van der Waals surface area (Å²) in [5.41, 5.74) is 0. The van der Waals surface area contributed by atoms with Gasteiger partial charge < -0.3 is 0 Å². The minimum atomic E-state index is 0. The zero-order chi connectivity index (χ0) is 2.00. The van der Waals surface area contributed by atoms with E-state index in [2.05, 4.69) is 7.44 Å². The zero-order valence-corrected chi connectivity index (χ0v) is 5.26. The molecule has 0 unspecified atom stereocenters. The van der Waals surface area contributed by atoms with E-state index >= 15 is 0 Å². The van der Waals surface area contributed by atoms with Gasteiger partial charge in [0.2, 0.25) is 0 Å². The van der Waals surface area contributed by atoms with Crippen molar-refractivity contribution in [3.8, 4) is 0 Å². The van der Waals surface area contributed by atoms with Gasteiger partial charge in [-0.15, -0.1) is 0 Å². The van der Waals surface area contributed by atoms with Gasteiger partial charge in [0.25, 0.3) is 0 Å². The molecule has 4 heteroatoms. The van der Waals surface area contributed by atoms with Crippen molar-refractivity contribution < 1.29 is 17.4 Å². The van der Waals surface area contributed by atoms with Crippen molar-refractivity contribution >= 4 is 34.9 Å². The van der Waals surface area contributed by atoms with Gasteiger partial charge in [-0.3, -0.25) is 0 Å². The fourth-order valence-corrected chi connectivity index (χ4v) is 0. The van der Waals surface area contributed by atoms with Crippen LogP contribution in [-0.4, -0.2) is 34.9 Å². The largest absolute Gasteiger partial charge is 0.187 e. The van der Waals surface area contributed by atoms with Gasteiger partial charge in [0.15, 0.2) is 17.4 Å². The summed E-state index contributed by atoms with van der Waals surface area (Å²) in [4.78, 5) is 0. The zero-order valence-electron chi connectivity index (χ0n) is 1.99. The van der Waals surface area contributed by atoms with Crippen molar-refractivity contribution in [3.05, 3.63) is 0 Å². The second kappa shape index (κ2) is 26.8. The smallest absolute Gasteiger partial charge is 0.0388 e. The van der Waals surface area contributed by atoms with Crippen molar-refractivity contribution in [3.63, 3.8) is 0 Å². The molecule has 0 spiro atoms. The topological polar surface area (TPSA) is 0 Å². The van der Waals surface area contributed by atoms with E-state index in [4.69, 9.17) is 0 Å². The third kappa shape index (κ3) is 10.2. The van der Waals surface area contributed by atoms with Crippen LogP contribution in [0.15, 0.2) is 0 Å². The summed E-state index contributed by atoms with van der Waals surface area (Å²) in [7, 11) is 5.44. The first kappa shape index (κ1) is 18.3. The third-order valence-electron chi connectivity index (χ3n) is 0. The molecular weight excluding hydrogens is 118 g/mol. The summed E-state index contributed by atoms with van der Waals surface area (Å²) in [5.74, 6) is 0. The number of rotatable bonds is 0. The SMILES string of the molecule is [AlH3].[B][SiH3].[Cr]. The maximum absolute atomic E-state index is 4.64. The maximum atomic E-state index is 4.64. The molecule has 22 valence electrons. The van der Waals surface area contributed by atoms with Crippen molar-refractivity contribution in [2.24, 2.45) is 0 Å². The Morgan fingerprint density at radius 2 is 1.25 bits per heavy atom. The van der Waals surface area contributed by atoms with Crippen LogP contribution in [0.2, 0.25) is 0 Å². The van der Waals surface area contributed by atoms with Gasteiger partial charge in [-0.25, -0.2) is 0 Å². The van der Waals surface area contributed by atoms with Crippen LogP contribution in [-0.2, 0) is 17.4 Å². The fraction of sp³-hybridized carbons (Fsp3) is 0. The molecule has 4 heavy (non-hydrogen) atoms. The van der Waals surface area contributed by atoms with E-state index in [0.29, 0.717) is 0 Å². The summed E-state index contributed by atoms with van der Waals surface area (Å²) >= 11 is 0. The molecule has 0 aliphatic rings. The minimum Gasteiger partial charge on any atom is -0.0388 e. The molecule has 0 fully saturated rings. The molecule has 0 bridgehead atoms. The van der Waals surface area contributed by atoms with E-state index in [1.54, 1.807) is 0 Å². The van der Waals surface area contributed by atoms with Crippen LogP contribution in [0.5, 0.6) is 0 Å². The molecule has 0 aromatic rings. The van der Waals surface area contributed by atoms with Crippen molar-refractivity contribution in [2.75, 3.05) is 0 Å². The van der Waals surface area contributed by atoms with E-state index in [9.17, 15) is 0 Å². The molecular formula is H6AlBCrSi.